The number of nitrogens with zero attached hydrogens (tertiary/aromatic N) is 1. The van der Waals surface area contributed by atoms with Crippen LogP contribution in [0.3, 0.4) is 0 Å². The van der Waals surface area contributed by atoms with Crippen molar-refractivity contribution in [2.45, 2.75) is 13.0 Å². The van der Waals surface area contributed by atoms with Gasteiger partial charge in [-0.3, -0.25) is 4.90 Å². The normalized spacial score (nSPS) is 21.9. The molecule has 2 N–H and O–H groups in total. The van der Waals surface area contributed by atoms with E-state index in [0.29, 0.717) is 11.7 Å². The van der Waals surface area contributed by atoms with E-state index < -0.39 is 0 Å². The molecule has 0 saturated carbocycles. The van der Waals surface area contributed by atoms with Gasteiger partial charge in [0.25, 0.3) is 0 Å². The van der Waals surface area contributed by atoms with Gasteiger partial charge < -0.3 is 19.9 Å². The van der Waals surface area contributed by atoms with Gasteiger partial charge in [0.05, 0.1) is 7.11 Å². The lowest BCUT2D eigenvalue weighted by Crippen LogP contribution is -2.22. The van der Waals surface area contributed by atoms with Crippen LogP contribution in [0, 0.1) is 5.92 Å². The third-order valence-electron chi connectivity index (χ3n) is 3.83. The van der Waals surface area contributed by atoms with Crippen molar-refractivity contribution in [3.63, 3.8) is 0 Å². The van der Waals surface area contributed by atoms with Crippen LogP contribution in [0.5, 0.6) is 17.2 Å². The highest BCUT2D eigenvalue weighted by molar-refractivity contribution is 5.55. The van der Waals surface area contributed by atoms with Crippen LogP contribution < -0.4 is 19.9 Å². The van der Waals surface area contributed by atoms with Crippen molar-refractivity contribution >= 4 is 0 Å². The predicted octanol–water partition coefficient (Wildman–Crippen LogP) is 1.20. The number of fused-ring (bicyclic) bond motifs is 1. The Morgan fingerprint density at radius 3 is 3.05 bits per heavy atom. The number of hydrogen-bond acceptors (Lipinski definition) is 5. The topological polar surface area (TPSA) is 57.0 Å². The monoisotopic (exact) mass is 264 g/mol. The third-order valence-corrected chi connectivity index (χ3v) is 3.83. The molecule has 1 aromatic carbocycles. The van der Waals surface area contributed by atoms with Crippen molar-refractivity contribution in [1.29, 1.82) is 0 Å². The number of hydrogen-bond donors (Lipinski definition) is 1. The maximum Gasteiger partial charge on any atom is 0.231 e. The first-order valence-electron chi connectivity index (χ1n) is 6.69. The van der Waals surface area contributed by atoms with Crippen molar-refractivity contribution in [3.8, 4) is 17.2 Å². The van der Waals surface area contributed by atoms with Crippen LogP contribution in [-0.2, 0) is 6.54 Å². The van der Waals surface area contributed by atoms with Crippen LogP contribution in [0.15, 0.2) is 12.1 Å². The summed E-state index contributed by atoms with van der Waals surface area (Å²) in [5, 5.41) is 0. The van der Waals surface area contributed by atoms with E-state index in [9.17, 15) is 0 Å². The standard InChI is InChI=1S/C14H20N2O3/c1-17-12-4-11(5-13-14(12)19-9-18-13)8-16-3-2-10(6-15)7-16/h4-5,10H,2-3,6-9,15H2,1H3. The Bertz CT molecular complexity index is 464. The Balaban J connectivity index is 1.75. The Kier molecular flexibility index (Phi) is 3.48. The van der Waals surface area contributed by atoms with E-state index in [4.69, 9.17) is 19.9 Å². The van der Waals surface area contributed by atoms with Gasteiger partial charge in [-0.05, 0) is 43.1 Å². The molecule has 5 nitrogen and oxygen atoms in total. The van der Waals surface area contributed by atoms with Crippen molar-refractivity contribution in [1.82, 2.24) is 4.90 Å². The zero-order chi connectivity index (χ0) is 13.2. The second-order valence-corrected chi connectivity index (χ2v) is 5.16. The van der Waals surface area contributed by atoms with Crippen LogP contribution >= 0.6 is 0 Å². The van der Waals surface area contributed by atoms with Crippen LogP contribution in [-0.4, -0.2) is 38.4 Å². The maximum absolute atomic E-state index is 5.73. The van der Waals surface area contributed by atoms with Crippen LogP contribution in [0.4, 0.5) is 0 Å². The highest BCUT2D eigenvalue weighted by atomic mass is 16.7. The van der Waals surface area contributed by atoms with Crippen LogP contribution in [0.1, 0.15) is 12.0 Å². The molecule has 104 valence electrons. The van der Waals surface area contributed by atoms with Gasteiger partial charge in [0.1, 0.15) is 0 Å². The van der Waals surface area contributed by atoms with Gasteiger partial charge in [0, 0.05) is 13.1 Å². The van der Waals surface area contributed by atoms with E-state index in [1.165, 1.54) is 12.0 Å². The van der Waals surface area contributed by atoms with Crippen molar-refractivity contribution < 1.29 is 14.2 Å². The molecule has 2 aliphatic heterocycles. The Morgan fingerprint density at radius 2 is 2.32 bits per heavy atom. The van der Waals surface area contributed by atoms with E-state index in [0.717, 1.165) is 37.7 Å². The molecule has 0 radical (unpaired) electrons. The summed E-state index contributed by atoms with van der Waals surface area (Å²) in [6.45, 7) is 4.14. The first-order chi connectivity index (χ1) is 9.30. The number of methoxy groups -OCH3 is 1. The summed E-state index contributed by atoms with van der Waals surface area (Å²) in [4.78, 5) is 2.43. The van der Waals surface area contributed by atoms with Crippen LogP contribution in [0.25, 0.3) is 0 Å². The van der Waals surface area contributed by atoms with E-state index >= 15 is 0 Å². The minimum Gasteiger partial charge on any atom is -0.493 e. The van der Waals surface area contributed by atoms with Crippen molar-refractivity contribution in [2.75, 3.05) is 33.5 Å². The van der Waals surface area contributed by atoms with E-state index in [1.807, 2.05) is 12.1 Å². The van der Waals surface area contributed by atoms with E-state index in [-0.39, 0.29) is 6.79 Å². The molecule has 3 rings (SSSR count). The molecule has 0 aliphatic carbocycles. The van der Waals surface area contributed by atoms with Gasteiger partial charge in [-0.2, -0.15) is 0 Å². The quantitative estimate of drug-likeness (QED) is 0.885. The number of nitrogens with two attached hydrogens (primary N) is 1. The zero-order valence-electron chi connectivity index (χ0n) is 11.2. The Labute approximate surface area is 113 Å². The molecule has 2 heterocycles. The van der Waals surface area contributed by atoms with Crippen molar-refractivity contribution in [3.05, 3.63) is 17.7 Å². The molecule has 19 heavy (non-hydrogen) atoms. The first kappa shape index (κ1) is 12.6. The highest BCUT2D eigenvalue weighted by Crippen LogP contribution is 2.42. The molecule has 1 fully saturated rings. The minimum absolute atomic E-state index is 0.272. The molecule has 0 spiro atoms. The molecule has 1 saturated heterocycles. The molecule has 2 aliphatic rings. The molecule has 5 heteroatoms. The second kappa shape index (κ2) is 5.27. The smallest absolute Gasteiger partial charge is 0.231 e. The molecule has 1 unspecified atom stereocenters. The summed E-state index contributed by atoms with van der Waals surface area (Å²) >= 11 is 0. The van der Waals surface area contributed by atoms with Gasteiger partial charge in [-0.15, -0.1) is 0 Å². The molecule has 1 atom stereocenters. The lowest BCUT2D eigenvalue weighted by Gasteiger charge is -2.16. The summed E-state index contributed by atoms with van der Waals surface area (Å²) in [7, 11) is 1.65. The molecular formula is C14H20N2O3. The fourth-order valence-electron chi connectivity index (χ4n) is 2.78. The maximum atomic E-state index is 5.73. The van der Waals surface area contributed by atoms with Gasteiger partial charge in [-0.1, -0.05) is 0 Å². The number of likely N-dealkylation sites (tertiary alicyclic amines) is 1. The summed E-state index contributed by atoms with van der Waals surface area (Å²) in [6.07, 6.45) is 1.19. The zero-order valence-corrected chi connectivity index (χ0v) is 11.2. The second-order valence-electron chi connectivity index (χ2n) is 5.16. The summed E-state index contributed by atoms with van der Waals surface area (Å²) in [5.74, 6) is 2.88. The minimum atomic E-state index is 0.272. The first-order valence-corrected chi connectivity index (χ1v) is 6.69. The SMILES string of the molecule is COc1cc(CN2CCC(CN)C2)cc2c1OCO2. The van der Waals surface area contributed by atoms with Gasteiger partial charge in [0.2, 0.25) is 12.5 Å². The highest BCUT2D eigenvalue weighted by Gasteiger charge is 2.24. The number of benzene rings is 1. The average Bonchev–Trinajstić information content (AvgIpc) is 3.06. The predicted molar refractivity (Wildman–Crippen MR) is 71.6 cm³/mol. The molecule has 0 amide bonds. The van der Waals surface area contributed by atoms with Crippen LogP contribution in [0.2, 0.25) is 0 Å². The summed E-state index contributed by atoms with van der Waals surface area (Å²) in [6, 6.07) is 4.07. The van der Waals surface area contributed by atoms with Gasteiger partial charge in [0.15, 0.2) is 11.5 Å². The Hall–Kier alpha value is -1.46. The number of rotatable bonds is 4. The van der Waals surface area contributed by atoms with E-state index in [2.05, 4.69) is 4.90 Å². The Morgan fingerprint density at radius 1 is 1.42 bits per heavy atom. The van der Waals surface area contributed by atoms with E-state index in [1.54, 1.807) is 7.11 Å². The molecule has 0 bridgehead atoms. The molecule has 0 aromatic heterocycles. The lowest BCUT2D eigenvalue weighted by atomic mass is 10.1. The van der Waals surface area contributed by atoms with Gasteiger partial charge in [-0.25, -0.2) is 0 Å². The number of ether oxygens (including phenoxy) is 3. The molecular weight excluding hydrogens is 244 g/mol. The summed E-state index contributed by atoms with van der Waals surface area (Å²) < 4.78 is 16.2. The third kappa shape index (κ3) is 2.48. The fraction of sp³-hybridized carbons (Fsp3) is 0.571. The van der Waals surface area contributed by atoms with Gasteiger partial charge >= 0.3 is 0 Å². The molecule has 1 aromatic rings. The summed E-state index contributed by atoms with van der Waals surface area (Å²) in [5.41, 5.74) is 6.92. The average molecular weight is 264 g/mol. The largest absolute Gasteiger partial charge is 0.493 e. The lowest BCUT2D eigenvalue weighted by molar-refractivity contribution is 0.171. The van der Waals surface area contributed by atoms with Crippen molar-refractivity contribution in [2.24, 2.45) is 11.7 Å². The fourth-order valence-corrected chi connectivity index (χ4v) is 2.78.